The smallest absolute Gasteiger partial charge is 0.137 e. The number of rotatable bonds is 2. The highest BCUT2D eigenvalue weighted by Crippen LogP contribution is 2.23. The Hall–Kier alpha value is -1.01. The largest absolute Gasteiger partial charge is 0.206 e. The molecule has 0 aromatic heterocycles. The summed E-state index contributed by atoms with van der Waals surface area (Å²) in [5, 5.41) is 8.63. The van der Waals surface area contributed by atoms with Crippen molar-refractivity contribution in [1.82, 2.24) is 0 Å². The lowest BCUT2D eigenvalue weighted by Crippen LogP contribution is -1.91. The lowest BCUT2D eigenvalue weighted by atomic mass is 10.0. The van der Waals surface area contributed by atoms with Gasteiger partial charge in [-0.1, -0.05) is 6.07 Å². The Kier molecular flexibility index (Phi) is 3.32. The van der Waals surface area contributed by atoms with Crippen LogP contribution in [0.5, 0.6) is 0 Å². The Morgan fingerprint density at radius 3 is 2.69 bits per heavy atom. The fourth-order valence-corrected chi connectivity index (χ4v) is 1.48. The first-order valence-corrected chi connectivity index (χ1v) is 5.14. The second kappa shape index (κ2) is 4.29. The van der Waals surface area contributed by atoms with Crippen molar-refractivity contribution in [3.63, 3.8) is 0 Å². The molecule has 1 aromatic rings. The van der Waals surface area contributed by atoms with Gasteiger partial charge >= 0.3 is 0 Å². The molecule has 1 nitrogen and oxygen atoms in total. The predicted molar refractivity (Wildman–Crippen MR) is 52.2 cm³/mol. The molecule has 1 rings (SSSR count). The molecule has 0 radical (unpaired) electrons. The molecule has 0 bridgehead atoms. The molecule has 1 aromatic carbocycles. The molecule has 68 valence electrons. The third-order valence-corrected chi connectivity index (χ3v) is 2.64. The van der Waals surface area contributed by atoms with Crippen LogP contribution < -0.4 is 0 Å². The molecule has 1 unspecified atom stereocenters. The Balaban J connectivity index is 3.04. The van der Waals surface area contributed by atoms with Gasteiger partial charge in [0, 0.05) is 4.90 Å². The third kappa shape index (κ3) is 2.22. The van der Waals surface area contributed by atoms with Gasteiger partial charge in [-0.25, -0.2) is 4.39 Å². The Bertz CT molecular complexity index is 343. The first-order valence-electron chi connectivity index (χ1n) is 3.92. The maximum atomic E-state index is 13.2. The van der Waals surface area contributed by atoms with Crippen molar-refractivity contribution in [2.24, 2.45) is 0 Å². The third-order valence-electron chi connectivity index (χ3n) is 1.87. The molecule has 0 heterocycles. The Morgan fingerprint density at radius 1 is 1.54 bits per heavy atom. The average Bonchev–Trinajstić information content (AvgIpc) is 2.16. The van der Waals surface area contributed by atoms with E-state index in [1.165, 1.54) is 17.8 Å². The lowest BCUT2D eigenvalue weighted by molar-refractivity contribution is 0.599. The van der Waals surface area contributed by atoms with Gasteiger partial charge in [-0.05, 0) is 30.9 Å². The molecule has 0 aliphatic carbocycles. The summed E-state index contributed by atoms with van der Waals surface area (Å²) in [5.41, 5.74) is 0.734. The molecule has 0 aliphatic heterocycles. The Labute approximate surface area is 81.6 Å². The molecule has 13 heavy (non-hydrogen) atoms. The summed E-state index contributed by atoms with van der Waals surface area (Å²) < 4.78 is 13.2. The minimum atomic E-state index is -0.245. The zero-order valence-corrected chi connectivity index (χ0v) is 8.36. The van der Waals surface area contributed by atoms with E-state index in [1.54, 1.807) is 19.1 Å². The molecule has 0 fully saturated rings. The van der Waals surface area contributed by atoms with Crippen LogP contribution in [0.2, 0.25) is 0 Å². The number of hydrogen-bond acceptors (Lipinski definition) is 2. The number of nitriles is 1. The van der Waals surface area contributed by atoms with Crippen molar-refractivity contribution in [2.45, 2.75) is 17.7 Å². The van der Waals surface area contributed by atoms with Crippen molar-refractivity contribution < 1.29 is 4.39 Å². The molecule has 0 amide bonds. The van der Waals surface area contributed by atoms with Crippen molar-refractivity contribution in [1.29, 1.82) is 5.26 Å². The van der Waals surface area contributed by atoms with Crippen molar-refractivity contribution in [3.8, 4) is 6.07 Å². The summed E-state index contributed by atoms with van der Waals surface area (Å²) in [6, 6.07) is 7.01. The lowest BCUT2D eigenvalue weighted by Gasteiger charge is -2.04. The second-order valence-corrected chi connectivity index (χ2v) is 3.59. The van der Waals surface area contributed by atoms with Crippen LogP contribution in [0.25, 0.3) is 0 Å². The van der Waals surface area contributed by atoms with E-state index >= 15 is 0 Å². The number of hydrogen-bond donors (Lipinski definition) is 0. The highest BCUT2D eigenvalue weighted by atomic mass is 32.2. The van der Waals surface area contributed by atoms with Crippen LogP contribution in [-0.2, 0) is 0 Å². The normalized spacial score (nSPS) is 12.2. The summed E-state index contributed by atoms with van der Waals surface area (Å²) in [4.78, 5) is 0.619. The number of nitrogens with zero attached hydrogens (tertiary/aromatic N) is 1. The maximum absolute atomic E-state index is 13.2. The van der Waals surface area contributed by atoms with Gasteiger partial charge in [0.2, 0.25) is 0 Å². The summed E-state index contributed by atoms with van der Waals surface area (Å²) in [6.45, 7) is 1.76. The van der Waals surface area contributed by atoms with E-state index in [0.717, 1.165) is 5.56 Å². The number of halogens is 1. The molecule has 3 heteroatoms. The monoisotopic (exact) mass is 195 g/mol. The van der Waals surface area contributed by atoms with E-state index in [4.69, 9.17) is 5.26 Å². The molecule has 0 saturated carbocycles. The topological polar surface area (TPSA) is 23.8 Å². The minimum Gasteiger partial charge on any atom is -0.206 e. The standard InChI is InChI=1S/C10H10FNS/c1-7(6-12)8-3-4-10(13-2)9(11)5-8/h3-5,7H,1-2H3. The molecular weight excluding hydrogens is 185 g/mol. The maximum Gasteiger partial charge on any atom is 0.137 e. The SMILES string of the molecule is CSc1ccc(C(C)C#N)cc1F. The van der Waals surface area contributed by atoms with Gasteiger partial charge in [0.25, 0.3) is 0 Å². The zero-order valence-electron chi connectivity index (χ0n) is 7.54. The van der Waals surface area contributed by atoms with Gasteiger partial charge in [-0.2, -0.15) is 5.26 Å². The summed E-state index contributed by atoms with van der Waals surface area (Å²) in [7, 11) is 0. The van der Waals surface area contributed by atoms with Gasteiger partial charge < -0.3 is 0 Å². The van der Waals surface area contributed by atoms with Crippen LogP contribution in [-0.4, -0.2) is 6.26 Å². The first-order chi connectivity index (χ1) is 6.19. The van der Waals surface area contributed by atoms with Crippen molar-refractivity contribution in [2.75, 3.05) is 6.26 Å². The van der Waals surface area contributed by atoms with Gasteiger partial charge in [0.1, 0.15) is 5.82 Å². The predicted octanol–water partition coefficient (Wildman–Crippen LogP) is 3.17. The summed E-state index contributed by atoms with van der Waals surface area (Å²) in [5.74, 6) is -0.488. The molecule has 0 N–H and O–H groups in total. The van der Waals surface area contributed by atoms with Crippen LogP contribution in [0.1, 0.15) is 18.4 Å². The quantitative estimate of drug-likeness (QED) is 0.677. The molecule has 0 aliphatic rings. The average molecular weight is 195 g/mol. The van der Waals surface area contributed by atoms with Crippen molar-refractivity contribution in [3.05, 3.63) is 29.6 Å². The second-order valence-electron chi connectivity index (χ2n) is 2.74. The van der Waals surface area contributed by atoms with Crippen LogP contribution in [0.3, 0.4) is 0 Å². The van der Waals surface area contributed by atoms with Crippen LogP contribution in [0.15, 0.2) is 23.1 Å². The molecule has 1 atom stereocenters. The highest BCUT2D eigenvalue weighted by Gasteiger charge is 2.07. The molecular formula is C10H10FNS. The summed E-state index contributed by atoms with van der Waals surface area (Å²) >= 11 is 1.37. The van der Waals surface area contributed by atoms with E-state index in [0.29, 0.717) is 4.90 Å². The van der Waals surface area contributed by atoms with E-state index in [9.17, 15) is 4.39 Å². The van der Waals surface area contributed by atoms with Crippen LogP contribution in [0.4, 0.5) is 4.39 Å². The van der Waals surface area contributed by atoms with E-state index in [1.807, 2.05) is 6.26 Å². The number of benzene rings is 1. The van der Waals surface area contributed by atoms with Gasteiger partial charge in [0.05, 0.1) is 12.0 Å². The first kappa shape index (κ1) is 10.1. The van der Waals surface area contributed by atoms with Crippen molar-refractivity contribution >= 4 is 11.8 Å². The van der Waals surface area contributed by atoms with Gasteiger partial charge in [0.15, 0.2) is 0 Å². The zero-order chi connectivity index (χ0) is 9.84. The minimum absolute atomic E-state index is 0.243. The van der Waals surface area contributed by atoms with E-state index in [2.05, 4.69) is 6.07 Å². The Morgan fingerprint density at radius 2 is 2.23 bits per heavy atom. The number of thioether (sulfide) groups is 1. The fraction of sp³-hybridized carbons (Fsp3) is 0.300. The fourth-order valence-electron chi connectivity index (χ4n) is 1.03. The highest BCUT2D eigenvalue weighted by molar-refractivity contribution is 7.98. The van der Waals surface area contributed by atoms with Gasteiger partial charge in [-0.3, -0.25) is 0 Å². The van der Waals surface area contributed by atoms with Crippen LogP contribution in [0, 0.1) is 17.1 Å². The summed E-state index contributed by atoms with van der Waals surface area (Å²) in [6.07, 6.45) is 1.83. The van der Waals surface area contributed by atoms with E-state index < -0.39 is 0 Å². The van der Waals surface area contributed by atoms with Gasteiger partial charge in [-0.15, -0.1) is 11.8 Å². The molecule has 0 saturated heterocycles. The molecule has 0 spiro atoms. The van der Waals surface area contributed by atoms with E-state index in [-0.39, 0.29) is 11.7 Å². The van der Waals surface area contributed by atoms with Crippen LogP contribution >= 0.6 is 11.8 Å².